The number of carbonyl (C=O) groups is 1. The molecule has 0 amide bonds. The highest BCUT2D eigenvalue weighted by atomic mass is 127. The molecule has 1 aromatic rings. The lowest BCUT2D eigenvalue weighted by molar-refractivity contribution is -0.684. The Kier molecular flexibility index (Phi) is 6.22. The van der Waals surface area contributed by atoms with E-state index in [2.05, 4.69) is 19.9 Å². The van der Waals surface area contributed by atoms with Crippen molar-refractivity contribution in [3.63, 3.8) is 0 Å². The standard InChI is InChI=1S/C26H36NO2.HI/c1-25-12-10-19(28)16-18(25)6-7-20-21-8-9-23(26(21,2)13-11-22(20)25)24(29)17-27-14-4-3-5-15-27;/h3-6,14-15,19-23,28H,7-13,16-17H2,1-2H3;1H/q+1;/p-1/t19-,20?,21?,22?,23+,25-,26-;/m0./s1. The Morgan fingerprint density at radius 2 is 1.83 bits per heavy atom. The summed E-state index contributed by atoms with van der Waals surface area (Å²) in [4.78, 5) is 13.3. The third-order valence-corrected chi connectivity index (χ3v) is 9.58. The van der Waals surface area contributed by atoms with Crippen LogP contribution in [0.2, 0.25) is 0 Å². The molecule has 0 radical (unpaired) electrons. The maximum atomic E-state index is 13.3. The van der Waals surface area contributed by atoms with Gasteiger partial charge in [-0.15, -0.1) is 0 Å². The van der Waals surface area contributed by atoms with Gasteiger partial charge in [-0.3, -0.25) is 4.79 Å². The van der Waals surface area contributed by atoms with Crippen molar-refractivity contribution in [2.45, 2.75) is 77.9 Å². The average Bonchev–Trinajstić information content (AvgIpc) is 3.06. The summed E-state index contributed by atoms with van der Waals surface area (Å²) in [7, 11) is 0. The average molecular weight is 521 g/mol. The van der Waals surface area contributed by atoms with E-state index in [4.69, 9.17) is 0 Å². The van der Waals surface area contributed by atoms with Crippen LogP contribution in [0.3, 0.4) is 0 Å². The van der Waals surface area contributed by atoms with Gasteiger partial charge >= 0.3 is 0 Å². The lowest BCUT2D eigenvalue weighted by Crippen LogP contribution is -3.00. The van der Waals surface area contributed by atoms with E-state index in [1.54, 1.807) is 0 Å². The van der Waals surface area contributed by atoms with Gasteiger partial charge in [0, 0.05) is 18.1 Å². The lowest BCUT2D eigenvalue weighted by atomic mass is 9.47. The molecule has 0 spiro atoms. The van der Waals surface area contributed by atoms with Gasteiger partial charge < -0.3 is 29.1 Å². The summed E-state index contributed by atoms with van der Waals surface area (Å²) in [6.07, 6.45) is 15.3. The number of pyridine rings is 1. The van der Waals surface area contributed by atoms with Crippen LogP contribution in [0.1, 0.15) is 65.2 Å². The number of hydrogen-bond donors (Lipinski definition) is 1. The van der Waals surface area contributed by atoms with Crippen LogP contribution in [-0.2, 0) is 11.3 Å². The third-order valence-electron chi connectivity index (χ3n) is 9.58. The van der Waals surface area contributed by atoms with Crippen LogP contribution in [0.25, 0.3) is 0 Å². The highest BCUT2D eigenvalue weighted by Gasteiger charge is 2.59. The molecule has 0 aromatic carbocycles. The number of rotatable bonds is 3. The van der Waals surface area contributed by atoms with Crippen LogP contribution in [0.15, 0.2) is 42.2 Å². The number of fused-ring (bicyclic) bond motifs is 5. The number of allylic oxidation sites excluding steroid dienone is 1. The van der Waals surface area contributed by atoms with Gasteiger partial charge in [-0.1, -0.05) is 31.6 Å². The predicted molar refractivity (Wildman–Crippen MR) is 113 cm³/mol. The monoisotopic (exact) mass is 521 g/mol. The van der Waals surface area contributed by atoms with Crippen molar-refractivity contribution in [2.24, 2.45) is 34.5 Å². The van der Waals surface area contributed by atoms with Gasteiger partial charge in [0.25, 0.3) is 0 Å². The molecule has 3 nitrogen and oxygen atoms in total. The highest BCUT2D eigenvalue weighted by molar-refractivity contribution is 5.81. The molecule has 4 heteroatoms. The first-order chi connectivity index (χ1) is 13.9. The van der Waals surface area contributed by atoms with Gasteiger partial charge in [0.2, 0.25) is 12.3 Å². The Balaban J connectivity index is 0.00000218. The molecule has 1 N–H and O–H groups in total. The van der Waals surface area contributed by atoms with Gasteiger partial charge in [-0.05, 0) is 80.0 Å². The summed E-state index contributed by atoms with van der Waals surface area (Å²) < 4.78 is 2.04. The van der Waals surface area contributed by atoms with Gasteiger partial charge in [0.05, 0.1) is 6.10 Å². The molecule has 164 valence electrons. The predicted octanol–water partition coefficient (Wildman–Crippen LogP) is 1.49. The number of aliphatic hydroxyl groups is 1. The van der Waals surface area contributed by atoms with Crippen molar-refractivity contribution in [1.82, 2.24) is 0 Å². The molecule has 4 aliphatic carbocycles. The SMILES string of the molecule is C[C@]12CC[C@H](O)CC1=CCC1C2CC[C@@]2(C)C1CC[C@@H]2C(=O)C[n+]1ccccc1.[I-]. The van der Waals surface area contributed by atoms with Crippen LogP contribution in [0, 0.1) is 34.5 Å². The summed E-state index contributed by atoms with van der Waals surface area (Å²) in [6.45, 7) is 5.43. The minimum Gasteiger partial charge on any atom is -1.00 e. The molecule has 3 unspecified atom stereocenters. The van der Waals surface area contributed by atoms with E-state index in [0.29, 0.717) is 18.2 Å². The fourth-order valence-corrected chi connectivity index (χ4v) is 8.00. The molecule has 1 aromatic heterocycles. The van der Waals surface area contributed by atoms with Crippen LogP contribution in [0.4, 0.5) is 0 Å². The fourth-order valence-electron chi connectivity index (χ4n) is 8.00. The van der Waals surface area contributed by atoms with E-state index < -0.39 is 0 Å². The van der Waals surface area contributed by atoms with Crippen LogP contribution < -0.4 is 28.5 Å². The Hall–Kier alpha value is -0.750. The van der Waals surface area contributed by atoms with E-state index in [9.17, 15) is 9.90 Å². The number of aliphatic hydroxyl groups excluding tert-OH is 1. The van der Waals surface area contributed by atoms with Crippen LogP contribution in [0.5, 0.6) is 0 Å². The Morgan fingerprint density at radius 1 is 1.07 bits per heavy atom. The normalized spacial score (nSPS) is 42.2. The summed E-state index contributed by atoms with van der Waals surface area (Å²) in [5, 5.41) is 10.2. The Morgan fingerprint density at radius 3 is 2.60 bits per heavy atom. The van der Waals surface area contributed by atoms with Gasteiger partial charge in [0.1, 0.15) is 0 Å². The maximum absolute atomic E-state index is 13.3. The zero-order valence-corrected chi connectivity index (χ0v) is 20.6. The number of ketones is 1. The number of aromatic nitrogens is 1. The number of halogens is 1. The largest absolute Gasteiger partial charge is 1.00 e. The van der Waals surface area contributed by atoms with Crippen LogP contribution in [-0.4, -0.2) is 17.0 Å². The van der Waals surface area contributed by atoms with Crippen molar-refractivity contribution in [3.05, 3.63) is 42.2 Å². The number of carbonyl (C=O) groups excluding carboxylic acids is 1. The van der Waals surface area contributed by atoms with E-state index in [0.717, 1.165) is 43.9 Å². The van der Waals surface area contributed by atoms with Crippen molar-refractivity contribution < 1.29 is 38.4 Å². The first-order valence-electron chi connectivity index (χ1n) is 11.8. The van der Waals surface area contributed by atoms with Crippen molar-refractivity contribution in [2.75, 3.05) is 0 Å². The quantitative estimate of drug-likeness (QED) is 0.372. The highest BCUT2D eigenvalue weighted by Crippen LogP contribution is 2.66. The third kappa shape index (κ3) is 3.50. The summed E-state index contributed by atoms with van der Waals surface area (Å²) >= 11 is 0. The second-order valence-electron chi connectivity index (χ2n) is 10.8. The summed E-state index contributed by atoms with van der Waals surface area (Å²) in [5.74, 6) is 2.79. The van der Waals surface area contributed by atoms with E-state index in [1.807, 2.05) is 35.2 Å². The minimum absolute atomic E-state index is 0. The molecule has 1 heterocycles. The first kappa shape index (κ1) is 22.4. The van der Waals surface area contributed by atoms with E-state index in [-0.39, 0.29) is 46.8 Å². The molecule has 3 fully saturated rings. The number of nitrogens with zero attached hydrogens (tertiary/aromatic N) is 1. The van der Waals surface area contributed by atoms with Gasteiger partial charge in [-0.25, -0.2) is 0 Å². The zero-order chi connectivity index (χ0) is 20.2. The topological polar surface area (TPSA) is 41.2 Å². The van der Waals surface area contributed by atoms with Gasteiger partial charge in [0.15, 0.2) is 12.4 Å². The molecular formula is C26H36INO2. The Bertz CT molecular complexity index is 824. The lowest BCUT2D eigenvalue weighted by Gasteiger charge is -2.57. The molecule has 30 heavy (non-hydrogen) atoms. The van der Waals surface area contributed by atoms with Crippen molar-refractivity contribution in [1.29, 1.82) is 0 Å². The summed E-state index contributed by atoms with van der Waals surface area (Å²) in [6, 6.07) is 6.02. The fraction of sp³-hybridized carbons (Fsp3) is 0.692. The number of hydrogen-bond acceptors (Lipinski definition) is 2. The molecule has 0 saturated heterocycles. The second-order valence-corrected chi connectivity index (χ2v) is 10.8. The molecule has 3 saturated carbocycles. The Labute approximate surface area is 198 Å². The maximum Gasteiger partial charge on any atom is 0.206 e. The van der Waals surface area contributed by atoms with E-state index in [1.165, 1.54) is 24.8 Å². The van der Waals surface area contributed by atoms with Crippen LogP contribution >= 0.6 is 0 Å². The molecule has 7 atom stereocenters. The number of Topliss-reactive ketones (excluding diaryl/α,β-unsaturated/α-hetero) is 1. The molecule has 0 bridgehead atoms. The van der Waals surface area contributed by atoms with E-state index >= 15 is 0 Å². The second kappa shape index (κ2) is 8.31. The molecular weight excluding hydrogens is 485 g/mol. The smallest absolute Gasteiger partial charge is 0.206 e. The van der Waals surface area contributed by atoms with Crippen molar-refractivity contribution in [3.8, 4) is 0 Å². The molecule has 5 rings (SSSR count). The van der Waals surface area contributed by atoms with Gasteiger partial charge in [-0.2, -0.15) is 4.57 Å². The summed E-state index contributed by atoms with van der Waals surface area (Å²) in [5.41, 5.74) is 1.99. The zero-order valence-electron chi connectivity index (χ0n) is 18.4. The van der Waals surface area contributed by atoms with Crippen molar-refractivity contribution >= 4 is 5.78 Å². The first-order valence-corrected chi connectivity index (χ1v) is 11.8. The molecule has 4 aliphatic rings. The molecule has 0 aliphatic heterocycles. The minimum atomic E-state index is -0.135.